The van der Waals surface area contributed by atoms with Crippen molar-refractivity contribution in [3.63, 3.8) is 0 Å². The van der Waals surface area contributed by atoms with Crippen LogP contribution in [-0.4, -0.2) is 47.8 Å². The highest BCUT2D eigenvalue weighted by atomic mass is 16.2. The molecule has 1 rings (SSSR count). The Labute approximate surface area is 97.6 Å². The summed E-state index contributed by atoms with van der Waals surface area (Å²) >= 11 is 0. The smallest absolute Gasteiger partial charge is 0.228 e. The lowest BCUT2D eigenvalue weighted by Gasteiger charge is -2.28. The van der Waals surface area contributed by atoms with E-state index in [4.69, 9.17) is 0 Å². The first-order valence-electron chi connectivity index (χ1n) is 5.87. The van der Waals surface area contributed by atoms with Crippen LogP contribution < -0.4 is 0 Å². The van der Waals surface area contributed by atoms with Crippen molar-refractivity contribution < 1.29 is 9.59 Å². The second-order valence-electron chi connectivity index (χ2n) is 5.40. The van der Waals surface area contributed by atoms with Gasteiger partial charge in [-0.3, -0.25) is 9.59 Å². The third-order valence-electron chi connectivity index (χ3n) is 2.87. The Morgan fingerprint density at radius 2 is 1.44 bits per heavy atom. The highest BCUT2D eigenvalue weighted by Gasteiger charge is 2.28. The quantitative estimate of drug-likeness (QED) is 0.621. The van der Waals surface area contributed by atoms with E-state index in [2.05, 4.69) is 0 Å². The summed E-state index contributed by atoms with van der Waals surface area (Å²) < 4.78 is 0. The van der Waals surface area contributed by atoms with E-state index in [0.717, 1.165) is 19.5 Å². The minimum Gasteiger partial charge on any atom is -0.341 e. The SMILES string of the molecule is CC(=O)N1CCCN(C(=O)C(C)(C)C)CC1. The van der Waals surface area contributed by atoms with Crippen LogP contribution in [0.15, 0.2) is 0 Å². The van der Waals surface area contributed by atoms with Crippen molar-refractivity contribution in [1.29, 1.82) is 0 Å². The standard InChI is InChI=1S/C12H22N2O2/c1-10(15)13-6-5-7-14(9-8-13)11(16)12(2,3)4/h5-9H2,1-4H3. The number of carbonyl (C=O) groups excluding carboxylic acids is 2. The van der Waals surface area contributed by atoms with Crippen molar-refractivity contribution in [2.75, 3.05) is 26.2 Å². The summed E-state index contributed by atoms with van der Waals surface area (Å²) in [5.74, 6) is 0.281. The summed E-state index contributed by atoms with van der Waals surface area (Å²) in [4.78, 5) is 27.0. The zero-order valence-electron chi connectivity index (χ0n) is 10.7. The Morgan fingerprint density at radius 1 is 0.938 bits per heavy atom. The van der Waals surface area contributed by atoms with Crippen molar-refractivity contribution in [2.24, 2.45) is 5.41 Å². The maximum atomic E-state index is 12.1. The summed E-state index contributed by atoms with van der Waals surface area (Å²) in [6.07, 6.45) is 0.876. The van der Waals surface area contributed by atoms with Gasteiger partial charge in [0.25, 0.3) is 0 Å². The monoisotopic (exact) mass is 226 g/mol. The molecule has 0 spiro atoms. The van der Waals surface area contributed by atoms with Crippen LogP contribution in [0.4, 0.5) is 0 Å². The Morgan fingerprint density at radius 3 is 1.94 bits per heavy atom. The first-order chi connectivity index (χ1) is 7.32. The minimum atomic E-state index is -0.328. The van der Waals surface area contributed by atoms with Gasteiger partial charge in [0, 0.05) is 38.5 Å². The van der Waals surface area contributed by atoms with Crippen molar-refractivity contribution in [1.82, 2.24) is 9.80 Å². The molecule has 1 heterocycles. The summed E-state index contributed by atoms with van der Waals surface area (Å²) in [5.41, 5.74) is -0.328. The van der Waals surface area contributed by atoms with Crippen LogP contribution in [-0.2, 0) is 9.59 Å². The lowest BCUT2D eigenvalue weighted by atomic mass is 9.94. The van der Waals surface area contributed by atoms with Crippen molar-refractivity contribution >= 4 is 11.8 Å². The molecule has 0 N–H and O–H groups in total. The molecule has 0 aromatic rings. The predicted octanol–water partition coefficient (Wildman–Crippen LogP) is 1.11. The molecule has 0 atom stereocenters. The van der Waals surface area contributed by atoms with Crippen LogP contribution in [0, 0.1) is 5.41 Å². The van der Waals surface area contributed by atoms with Gasteiger partial charge >= 0.3 is 0 Å². The first-order valence-corrected chi connectivity index (χ1v) is 5.87. The van der Waals surface area contributed by atoms with Gasteiger partial charge in [0.15, 0.2) is 0 Å². The molecule has 4 heteroatoms. The lowest BCUT2D eigenvalue weighted by Crippen LogP contribution is -2.42. The average molecular weight is 226 g/mol. The van der Waals surface area contributed by atoms with Gasteiger partial charge in [-0.25, -0.2) is 0 Å². The number of hydrogen-bond donors (Lipinski definition) is 0. The molecule has 0 bridgehead atoms. The molecule has 0 aliphatic carbocycles. The molecular formula is C12H22N2O2. The van der Waals surface area contributed by atoms with E-state index in [0.29, 0.717) is 13.1 Å². The number of rotatable bonds is 0. The van der Waals surface area contributed by atoms with E-state index in [1.54, 1.807) is 6.92 Å². The Balaban J connectivity index is 2.60. The molecule has 92 valence electrons. The van der Waals surface area contributed by atoms with Crippen LogP contribution in [0.5, 0.6) is 0 Å². The topological polar surface area (TPSA) is 40.6 Å². The Bertz CT molecular complexity index is 281. The fourth-order valence-corrected chi connectivity index (χ4v) is 1.91. The van der Waals surface area contributed by atoms with Crippen LogP contribution in [0.3, 0.4) is 0 Å². The molecule has 1 fully saturated rings. The first kappa shape index (κ1) is 13.0. The molecular weight excluding hydrogens is 204 g/mol. The van der Waals surface area contributed by atoms with E-state index in [-0.39, 0.29) is 17.2 Å². The van der Waals surface area contributed by atoms with Crippen LogP contribution in [0.2, 0.25) is 0 Å². The van der Waals surface area contributed by atoms with E-state index in [1.165, 1.54) is 0 Å². The van der Waals surface area contributed by atoms with Crippen LogP contribution >= 0.6 is 0 Å². The molecule has 2 amide bonds. The van der Waals surface area contributed by atoms with Gasteiger partial charge in [0.2, 0.25) is 11.8 Å². The summed E-state index contributed by atoms with van der Waals surface area (Å²) in [7, 11) is 0. The molecule has 4 nitrogen and oxygen atoms in total. The number of carbonyl (C=O) groups is 2. The molecule has 1 aliphatic rings. The van der Waals surface area contributed by atoms with Gasteiger partial charge in [-0.05, 0) is 6.42 Å². The Kier molecular flexibility index (Phi) is 3.94. The van der Waals surface area contributed by atoms with E-state index < -0.39 is 0 Å². The third kappa shape index (κ3) is 3.22. The van der Waals surface area contributed by atoms with Crippen LogP contribution in [0.1, 0.15) is 34.1 Å². The molecule has 16 heavy (non-hydrogen) atoms. The maximum Gasteiger partial charge on any atom is 0.228 e. The Hall–Kier alpha value is -1.06. The molecule has 0 aromatic heterocycles. The molecule has 1 aliphatic heterocycles. The summed E-state index contributed by atoms with van der Waals surface area (Å²) in [6.45, 7) is 10.2. The van der Waals surface area contributed by atoms with E-state index >= 15 is 0 Å². The molecule has 0 saturated carbocycles. The zero-order valence-corrected chi connectivity index (χ0v) is 10.7. The van der Waals surface area contributed by atoms with Gasteiger partial charge < -0.3 is 9.80 Å². The number of hydrogen-bond acceptors (Lipinski definition) is 2. The maximum absolute atomic E-state index is 12.1. The fourth-order valence-electron chi connectivity index (χ4n) is 1.91. The minimum absolute atomic E-state index is 0.102. The normalized spacial score (nSPS) is 18.2. The molecule has 0 radical (unpaired) electrons. The number of amides is 2. The largest absolute Gasteiger partial charge is 0.341 e. The van der Waals surface area contributed by atoms with E-state index in [1.807, 2.05) is 30.6 Å². The van der Waals surface area contributed by atoms with Gasteiger partial charge in [-0.1, -0.05) is 20.8 Å². The van der Waals surface area contributed by atoms with Gasteiger partial charge in [-0.2, -0.15) is 0 Å². The lowest BCUT2D eigenvalue weighted by molar-refractivity contribution is -0.139. The van der Waals surface area contributed by atoms with Crippen molar-refractivity contribution in [2.45, 2.75) is 34.1 Å². The summed E-state index contributed by atoms with van der Waals surface area (Å²) in [5, 5.41) is 0. The van der Waals surface area contributed by atoms with Gasteiger partial charge in [-0.15, -0.1) is 0 Å². The zero-order chi connectivity index (χ0) is 12.3. The third-order valence-corrected chi connectivity index (χ3v) is 2.87. The van der Waals surface area contributed by atoms with E-state index in [9.17, 15) is 9.59 Å². The van der Waals surface area contributed by atoms with Crippen LogP contribution in [0.25, 0.3) is 0 Å². The molecule has 0 aromatic carbocycles. The fraction of sp³-hybridized carbons (Fsp3) is 0.833. The average Bonchev–Trinajstić information content (AvgIpc) is 2.39. The molecule has 0 unspecified atom stereocenters. The van der Waals surface area contributed by atoms with Crippen molar-refractivity contribution in [3.05, 3.63) is 0 Å². The van der Waals surface area contributed by atoms with Gasteiger partial charge in [0.1, 0.15) is 0 Å². The molecule has 1 saturated heterocycles. The second kappa shape index (κ2) is 4.85. The number of nitrogens with zero attached hydrogens (tertiary/aromatic N) is 2. The second-order valence-corrected chi connectivity index (χ2v) is 5.40. The highest BCUT2D eigenvalue weighted by molar-refractivity contribution is 5.81. The van der Waals surface area contributed by atoms with Gasteiger partial charge in [0.05, 0.1) is 0 Å². The van der Waals surface area contributed by atoms with Crippen molar-refractivity contribution in [3.8, 4) is 0 Å². The highest BCUT2D eigenvalue weighted by Crippen LogP contribution is 2.18. The predicted molar refractivity (Wildman–Crippen MR) is 62.9 cm³/mol. The summed E-state index contributed by atoms with van der Waals surface area (Å²) in [6, 6.07) is 0.